The van der Waals surface area contributed by atoms with Crippen LogP contribution >= 0.6 is 23.1 Å². The smallest absolute Gasteiger partial charge is 0.331 e. The number of para-hydroxylation sites is 1. The molecule has 0 amide bonds. The van der Waals surface area contributed by atoms with E-state index in [9.17, 15) is 19.2 Å². The van der Waals surface area contributed by atoms with E-state index in [2.05, 4.69) is 20.9 Å². The molecule has 51 heavy (non-hydrogen) atoms. The van der Waals surface area contributed by atoms with Crippen molar-refractivity contribution >= 4 is 78.3 Å². The lowest BCUT2D eigenvalue weighted by Gasteiger charge is -2.10. The van der Waals surface area contributed by atoms with Crippen molar-refractivity contribution in [1.82, 2.24) is 9.55 Å². The number of rotatable bonds is 11. The molecule has 0 saturated carbocycles. The number of nitrogens with zero attached hydrogens (tertiary/aromatic N) is 4. The van der Waals surface area contributed by atoms with Gasteiger partial charge in [-0.05, 0) is 104 Å². The molecule has 7 aromatic rings. The predicted molar refractivity (Wildman–Crippen MR) is 202 cm³/mol. The summed E-state index contributed by atoms with van der Waals surface area (Å²) < 4.78 is 17.9. The molecule has 0 radical (unpaired) electrons. The summed E-state index contributed by atoms with van der Waals surface area (Å²) >= 11 is 3.37. The van der Waals surface area contributed by atoms with E-state index in [0.29, 0.717) is 29.0 Å². The van der Waals surface area contributed by atoms with Gasteiger partial charge < -0.3 is 14.6 Å². The summed E-state index contributed by atoms with van der Waals surface area (Å²) in [5.41, 5.74) is 7.16. The van der Waals surface area contributed by atoms with Gasteiger partial charge in [-0.2, -0.15) is 0 Å². The van der Waals surface area contributed by atoms with Gasteiger partial charge in [0.1, 0.15) is 5.82 Å². The number of carbonyl (C=O) groups is 2. The molecule has 0 aliphatic heterocycles. The summed E-state index contributed by atoms with van der Waals surface area (Å²) in [6.07, 6.45) is 1.34. The van der Waals surface area contributed by atoms with Gasteiger partial charge in [-0.3, -0.25) is 4.79 Å². The first-order chi connectivity index (χ1) is 24.8. The lowest BCUT2D eigenvalue weighted by molar-refractivity contribution is -0.140. The van der Waals surface area contributed by atoms with E-state index in [1.165, 1.54) is 31.2 Å². The minimum atomic E-state index is -0.495. The van der Waals surface area contributed by atoms with Crippen molar-refractivity contribution in [2.45, 2.75) is 31.0 Å². The molecule has 0 fully saturated rings. The Morgan fingerprint density at radius 3 is 2.18 bits per heavy atom. The van der Waals surface area contributed by atoms with Gasteiger partial charge in [-0.1, -0.05) is 52.4 Å². The molecule has 0 bridgehead atoms. The van der Waals surface area contributed by atoms with E-state index in [1.807, 2.05) is 72.8 Å². The van der Waals surface area contributed by atoms with Gasteiger partial charge in [0.15, 0.2) is 10.1 Å². The van der Waals surface area contributed by atoms with Crippen LogP contribution in [-0.4, -0.2) is 43.7 Å². The number of thiazole rings is 1. The Morgan fingerprint density at radius 2 is 1.49 bits per heavy atom. The number of fused-ring (bicyclic) bond motifs is 4. The van der Waals surface area contributed by atoms with Crippen LogP contribution in [0.5, 0.6) is 0 Å². The van der Waals surface area contributed by atoms with Gasteiger partial charge in [0.25, 0.3) is 0 Å². The molecule has 0 spiro atoms. The number of ketones is 1. The van der Waals surface area contributed by atoms with Crippen LogP contribution in [0.25, 0.3) is 37.7 Å². The molecule has 0 aliphatic rings. The number of carbonyl (C=O) groups excluding carboxylic acids is 2. The molecule has 0 saturated heterocycles. The SMILES string of the molecule is CC(=O)O/N=C(/C)c1ccc(-n2c3ccc(C(=O)c4ccc(F)cc4)cc3c3cc(/C(CCCSc4nc5ccccc5s4)=N/O)ccc32)cc1. The van der Waals surface area contributed by atoms with Crippen molar-refractivity contribution in [3.63, 3.8) is 0 Å². The first kappa shape index (κ1) is 33.8. The van der Waals surface area contributed by atoms with E-state index in [1.54, 1.807) is 36.1 Å². The van der Waals surface area contributed by atoms with E-state index in [4.69, 9.17) is 9.82 Å². The molecule has 0 aliphatic carbocycles. The second-order valence-electron chi connectivity index (χ2n) is 11.9. The number of aromatic nitrogens is 2. The van der Waals surface area contributed by atoms with Crippen molar-refractivity contribution in [1.29, 1.82) is 0 Å². The van der Waals surface area contributed by atoms with Gasteiger partial charge in [-0.25, -0.2) is 14.2 Å². The average Bonchev–Trinajstić information content (AvgIpc) is 3.72. The zero-order valence-electron chi connectivity index (χ0n) is 27.7. The number of halogens is 1. The zero-order valence-corrected chi connectivity index (χ0v) is 29.3. The molecule has 0 atom stereocenters. The second kappa shape index (κ2) is 14.7. The molecule has 11 heteroatoms. The summed E-state index contributed by atoms with van der Waals surface area (Å²) in [5.74, 6) is -0.307. The van der Waals surface area contributed by atoms with Crippen LogP contribution in [0.2, 0.25) is 0 Å². The van der Waals surface area contributed by atoms with E-state index >= 15 is 0 Å². The van der Waals surface area contributed by atoms with Crippen molar-refractivity contribution in [2.24, 2.45) is 10.3 Å². The largest absolute Gasteiger partial charge is 0.411 e. The molecule has 8 nitrogen and oxygen atoms in total. The van der Waals surface area contributed by atoms with Crippen LogP contribution in [-0.2, 0) is 9.63 Å². The lowest BCUT2D eigenvalue weighted by Crippen LogP contribution is -2.02. The Morgan fingerprint density at radius 1 is 0.843 bits per heavy atom. The number of hydrogen-bond donors (Lipinski definition) is 1. The Labute approximate surface area is 300 Å². The van der Waals surface area contributed by atoms with E-state index in [-0.39, 0.29) is 5.78 Å². The highest BCUT2D eigenvalue weighted by Gasteiger charge is 2.18. The second-order valence-corrected chi connectivity index (χ2v) is 14.3. The van der Waals surface area contributed by atoms with Gasteiger partial charge in [0, 0.05) is 45.8 Å². The highest BCUT2D eigenvalue weighted by atomic mass is 32.2. The van der Waals surface area contributed by atoms with Crippen LogP contribution in [0.1, 0.15) is 53.7 Å². The Hall–Kier alpha value is -5.65. The highest BCUT2D eigenvalue weighted by Crippen LogP contribution is 2.35. The van der Waals surface area contributed by atoms with E-state index < -0.39 is 11.8 Å². The fourth-order valence-electron chi connectivity index (χ4n) is 5.99. The third kappa shape index (κ3) is 7.17. The first-order valence-corrected chi connectivity index (χ1v) is 18.0. The molecular weight excluding hydrogens is 684 g/mol. The van der Waals surface area contributed by atoms with Crippen molar-refractivity contribution in [3.8, 4) is 5.69 Å². The van der Waals surface area contributed by atoms with Crippen LogP contribution in [0.4, 0.5) is 4.39 Å². The normalized spacial score (nSPS) is 12.2. The topological polar surface area (TPSA) is 106 Å². The summed E-state index contributed by atoms with van der Waals surface area (Å²) in [6, 6.07) is 32.8. The molecular formula is C40H31FN4O4S2. The summed E-state index contributed by atoms with van der Waals surface area (Å²) in [7, 11) is 0. The summed E-state index contributed by atoms with van der Waals surface area (Å²) in [4.78, 5) is 34.3. The quantitative estimate of drug-likeness (QED) is 0.0272. The Balaban J connectivity index is 1.23. The number of benzene rings is 5. The number of oxime groups is 2. The third-order valence-electron chi connectivity index (χ3n) is 8.50. The summed E-state index contributed by atoms with van der Waals surface area (Å²) in [5, 5.41) is 19.4. The van der Waals surface area contributed by atoms with Crippen LogP contribution in [0, 0.1) is 5.82 Å². The molecule has 5 aromatic carbocycles. The monoisotopic (exact) mass is 714 g/mol. The Bertz CT molecular complexity index is 2450. The fraction of sp³-hybridized carbons (Fsp3) is 0.125. The number of thioether (sulfide) groups is 1. The summed E-state index contributed by atoms with van der Waals surface area (Å²) in [6.45, 7) is 3.06. The minimum absolute atomic E-state index is 0.218. The van der Waals surface area contributed by atoms with E-state index in [0.717, 1.165) is 65.4 Å². The maximum atomic E-state index is 13.6. The van der Waals surface area contributed by atoms with Gasteiger partial charge in [0.05, 0.1) is 32.7 Å². The van der Waals surface area contributed by atoms with Crippen LogP contribution < -0.4 is 0 Å². The van der Waals surface area contributed by atoms with Crippen molar-refractivity contribution < 1.29 is 24.0 Å². The molecule has 7 rings (SSSR count). The third-order valence-corrected chi connectivity index (χ3v) is 10.8. The maximum Gasteiger partial charge on any atom is 0.331 e. The maximum absolute atomic E-state index is 13.6. The molecule has 2 heterocycles. The fourth-order valence-corrected chi connectivity index (χ4v) is 8.07. The van der Waals surface area contributed by atoms with Crippen LogP contribution in [0.3, 0.4) is 0 Å². The number of hydrogen-bond acceptors (Lipinski definition) is 9. The molecule has 0 unspecified atom stereocenters. The standard InChI is InChI=1S/C40H31FN4O4S2/c1-24(44-49-25(2)46)26-11-17-31(18-12-26)45-36-19-13-28(34(43-48)7-5-21-50-40-42-35-6-3-4-8-38(35)51-40)22-32(36)33-23-29(14-20-37(33)45)39(47)27-9-15-30(41)16-10-27/h3-4,6,8-20,22-23,48H,5,7,21H2,1-2H3/b43-34+,44-24-. The van der Waals surface area contributed by atoms with Gasteiger partial charge in [-0.15, -0.1) is 11.3 Å². The highest BCUT2D eigenvalue weighted by molar-refractivity contribution is 8.01. The van der Waals surface area contributed by atoms with Crippen LogP contribution in [0.15, 0.2) is 124 Å². The zero-order chi connectivity index (χ0) is 35.5. The Kier molecular flexibility index (Phi) is 9.74. The molecule has 1 N–H and O–H groups in total. The minimum Gasteiger partial charge on any atom is -0.411 e. The first-order valence-electron chi connectivity index (χ1n) is 16.2. The predicted octanol–water partition coefficient (Wildman–Crippen LogP) is 9.80. The van der Waals surface area contributed by atoms with Gasteiger partial charge >= 0.3 is 5.97 Å². The lowest BCUT2D eigenvalue weighted by atomic mass is 9.99. The molecule has 2 aromatic heterocycles. The van der Waals surface area contributed by atoms with Crippen molar-refractivity contribution in [3.05, 3.63) is 137 Å². The van der Waals surface area contributed by atoms with Crippen molar-refractivity contribution in [2.75, 3.05) is 5.75 Å². The van der Waals surface area contributed by atoms with Gasteiger partial charge in [0.2, 0.25) is 0 Å². The average molecular weight is 715 g/mol. The molecule has 254 valence electrons.